The summed E-state index contributed by atoms with van der Waals surface area (Å²) < 4.78 is 67.7. The summed E-state index contributed by atoms with van der Waals surface area (Å²) in [5.74, 6) is -0.934. The van der Waals surface area contributed by atoms with Crippen LogP contribution < -0.4 is 113 Å². The number of carbonyl (C=O) groups excluding carboxylic acids is 1. The van der Waals surface area contributed by atoms with Crippen LogP contribution in [0.25, 0.3) is 16.6 Å². The fraction of sp³-hybridized carbons (Fsp3) is 0. The number of benzene rings is 2. The molecule has 0 spiro atoms. The molecule has 0 unspecified atom stereocenters. The Morgan fingerprint density at radius 3 is 1.90 bits per heavy atom. The number of rotatable bonds is 6. The molecule has 1 aliphatic rings. The Balaban J connectivity index is 0.00000294. The molecule has 3 aromatic rings. The predicted octanol–water partition coefficient (Wildman–Crippen LogP) is -4.60. The van der Waals surface area contributed by atoms with Gasteiger partial charge >= 0.3 is 103 Å². The molecule has 0 aliphatic carbocycles. The van der Waals surface area contributed by atoms with E-state index in [9.17, 15) is 40.8 Å². The van der Waals surface area contributed by atoms with E-state index in [1.54, 1.807) is 6.07 Å². The Kier molecular flexibility index (Phi) is 12.1. The van der Waals surface area contributed by atoms with Crippen LogP contribution in [-0.2, 0) is 25.0 Å². The van der Waals surface area contributed by atoms with Gasteiger partial charge < -0.3 is 14.0 Å². The first-order chi connectivity index (χ1) is 18.3. The number of aromatic amines is 1. The third-order valence-corrected chi connectivity index (χ3v) is 6.98. The van der Waals surface area contributed by atoms with E-state index in [0.29, 0.717) is 0 Å². The fourth-order valence-electron chi connectivity index (χ4n) is 3.43. The van der Waals surface area contributed by atoms with Crippen LogP contribution in [0.4, 0.5) is 11.5 Å². The predicted molar refractivity (Wildman–Crippen MR) is 133 cm³/mol. The summed E-state index contributed by atoms with van der Waals surface area (Å²) >= 11 is 0. The number of anilines is 1. The van der Waals surface area contributed by atoms with E-state index in [1.807, 2.05) is 0 Å². The first-order valence-corrected chi connectivity index (χ1v) is 13.2. The second-order valence-corrected chi connectivity index (χ2v) is 10.4. The quantitative estimate of drug-likeness (QED) is 0.118. The van der Waals surface area contributed by atoms with E-state index in [-0.39, 0.29) is 137 Å². The fourth-order valence-corrected chi connectivity index (χ4v) is 4.37. The molecule has 0 bridgehead atoms. The Bertz CT molecular complexity index is 1960. The van der Waals surface area contributed by atoms with Crippen molar-refractivity contribution in [2.24, 2.45) is 5.10 Å². The normalized spacial score (nSPS) is 14.2. The zero-order chi connectivity index (χ0) is 28.5. The maximum atomic E-state index is 12.9. The van der Waals surface area contributed by atoms with Crippen molar-refractivity contribution in [3.05, 3.63) is 93.6 Å². The smallest absolute Gasteiger partial charge is 0.744 e. The Hall–Kier alpha value is -1.86. The van der Waals surface area contributed by atoms with Crippen molar-refractivity contribution < 1.29 is 134 Å². The minimum Gasteiger partial charge on any atom is -0.744 e. The molecular weight excluding hydrogens is 631 g/mol. The van der Waals surface area contributed by atoms with Gasteiger partial charge in [-0.25, -0.2) is 21.9 Å². The van der Waals surface area contributed by atoms with Gasteiger partial charge in [0.05, 0.1) is 32.3 Å². The van der Waals surface area contributed by atoms with Crippen LogP contribution in [-0.4, -0.2) is 47.3 Å². The van der Waals surface area contributed by atoms with Crippen LogP contribution in [0, 0.1) is 17.9 Å². The van der Waals surface area contributed by atoms with Crippen LogP contribution in [0.15, 0.2) is 85.9 Å². The van der Waals surface area contributed by atoms with Crippen LogP contribution in [0.3, 0.4) is 0 Å². The molecule has 0 fully saturated rings. The SMILES string of the molecule is [C-]#[N+]c1[nH]n(-c2ccc(S(=O)(=O)[O-])cc2)c(=O)c1C=CC=C1C(=O)N(c2ccc(S(=O)(=O)[O-])cc2)N=C1C#N.[K+].[K+]. The Morgan fingerprint density at radius 2 is 1.44 bits per heavy atom. The summed E-state index contributed by atoms with van der Waals surface area (Å²) in [5.41, 5.74) is -1.02. The number of amides is 1. The Labute approximate surface area is 318 Å². The van der Waals surface area contributed by atoms with Gasteiger partial charge in [-0.15, -0.1) is 0 Å². The van der Waals surface area contributed by atoms with Crippen molar-refractivity contribution in [2.45, 2.75) is 9.79 Å². The summed E-state index contributed by atoms with van der Waals surface area (Å²) in [4.78, 5) is 28.0. The van der Waals surface area contributed by atoms with Crippen molar-refractivity contribution in [3.8, 4) is 11.8 Å². The van der Waals surface area contributed by atoms with Crippen molar-refractivity contribution in [1.29, 1.82) is 5.26 Å². The van der Waals surface area contributed by atoms with Crippen LogP contribution in [0.1, 0.15) is 5.56 Å². The van der Waals surface area contributed by atoms with Crippen molar-refractivity contribution in [1.82, 2.24) is 9.78 Å². The van der Waals surface area contributed by atoms with Gasteiger partial charge in [0.25, 0.3) is 17.3 Å². The van der Waals surface area contributed by atoms with Gasteiger partial charge in [0, 0.05) is 0 Å². The molecule has 14 nitrogen and oxygen atoms in total. The van der Waals surface area contributed by atoms with E-state index in [1.165, 1.54) is 42.5 Å². The molecular formula is C23H12K2N6O8S2. The molecule has 0 atom stereocenters. The zero-order valence-electron chi connectivity index (χ0n) is 21.2. The van der Waals surface area contributed by atoms with Crippen molar-refractivity contribution in [3.63, 3.8) is 0 Å². The standard InChI is InChI=1S/C23H14N6O8S2.2K/c1-25-21-19(23(31)29(27-21)15-7-11-17(12-8-15)39(35,36)37)4-2-3-18-20(13-24)26-28(22(18)30)14-5-9-16(10-6-14)38(32,33)34;;/h2-12,27H,(H,32,33,34)(H,35,36,37);;/q;2*+1/p-2. The molecule has 196 valence electrons. The van der Waals surface area contributed by atoms with E-state index in [0.717, 1.165) is 34.0 Å². The maximum absolute atomic E-state index is 12.9. The molecule has 41 heavy (non-hydrogen) atoms. The van der Waals surface area contributed by atoms with Gasteiger partial charge in [-0.2, -0.15) is 20.1 Å². The van der Waals surface area contributed by atoms with Crippen LogP contribution in [0.5, 0.6) is 0 Å². The molecule has 1 aliphatic heterocycles. The van der Waals surface area contributed by atoms with Crippen LogP contribution in [0.2, 0.25) is 0 Å². The minimum absolute atomic E-state index is 0. The number of allylic oxidation sites excluding steroid dienone is 2. The summed E-state index contributed by atoms with van der Waals surface area (Å²) in [6, 6.07) is 10.5. The molecule has 0 saturated carbocycles. The number of nitrogens with one attached hydrogen (secondary N) is 1. The average molecular weight is 643 g/mol. The summed E-state index contributed by atoms with van der Waals surface area (Å²) in [7, 11) is -9.40. The van der Waals surface area contributed by atoms with Gasteiger partial charge in [0.15, 0.2) is 5.71 Å². The molecule has 1 N–H and O–H groups in total. The maximum Gasteiger partial charge on any atom is 1.00 e. The molecule has 2 aromatic carbocycles. The molecule has 1 amide bonds. The van der Waals surface area contributed by atoms with Gasteiger partial charge in [0.2, 0.25) is 0 Å². The van der Waals surface area contributed by atoms with Crippen molar-refractivity contribution in [2.75, 3.05) is 5.01 Å². The first-order valence-electron chi connectivity index (χ1n) is 10.4. The number of H-pyrrole nitrogens is 1. The second kappa shape index (κ2) is 14.1. The summed E-state index contributed by atoms with van der Waals surface area (Å²) in [6.07, 6.45) is 3.65. The first kappa shape index (κ1) is 35.3. The number of hydrogen-bond donors (Lipinski definition) is 1. The average Bonchev–Trinajstić information content (AvgIpc) is 3.39. The Morgan fingerprint density at radius 1 is 0.927 bits per heavy atom. The van der Waals surface area contributed by atoms with Gasteiger partial charge in [0.1, 0.15) is 26.3 Å². The third kappa shape index (κ3) is 7.76. The largest absolute Gasteiger partial charge is 1.00 e. The van der Waals surface area contributed by atoms with E-state index < -0.39 is 41.5 Å². The van der Waals surface area contributed by atoms with Gasteiger partial charge in [-0.05, 0) is 54.6 Å². The topological polar surface area (TPSA) is 213 Å². The van der Waals surface area contributed by atoms with E-state index >= 15 is 0 Å². The van der Waals surface area contributed by atoms with E-state index in [2.05, 4.69) is 15.0 Å². The van der Waals surface area contributed by atoms with Gasteiger partial charge in [-0.3, -0.25) is 9.59 Å². The molecule has 18 heteroatoms. The number of carbonyl (C=O) groups is 1. The summed E-state index contributed by atoms with van der Waals surface area (Å²) in [6.45, 7) is 7.34. The zero-order valence-corrected chi connectivity index (χ0v) is 29.0. The molecule has 0 radical (unpaired) electrons. The van der Waals surface area contributed by atoms with Gasteiger partial charge in [-0.1, -0.05) is 18.7 Å². The monoisotopic (exact) mass is 642 g/mol. The molecule has 2 heterocycles. The number of nitrogens with zero attached hydrogens (tertiary/aromatic N) is 5. The van der Waals surface area contributed by atoms with Crippen molar-refractivity contribution >= 4 is 49.4 Å². The molecule has 4 rings (SSSR count). The van der Waals surface area contributed by atoms with E-state index in [4.69, 9.17) is 6.57 Å². The number of hydrazone groups is 1. The molecule has 1 aromatic heterocycles. The number of hydrogen-bond acceptors (Lipinski definition) is 10. The van der Waals surface area contributed by atoms with Crippen LogP contribution >= 0.6 is 0 Å². The molecule has 0 saturated heterocycles. The second-order valence-electron chi connectivity index (χ2n) is 7.64. The summed E-state index contributed by atoms with van der Waals surface area (Å²) in [5, 5.41) is 16.7. The number of nitriles is 1. The number of aromatic nitrogens is 2. The minimum atomic E-state index is -4.70. The third-order valence-electron chi connectivity index (χ3n) is 5.28.